The average Bonchev–Trinajstić information content (AvgIpc) is 3.01. The second kappa shape index (κ2) is 5.49. The van der Waals surface area contributed by atoms with Crippen molar-refractivity contribution in [2.24, 2.45) is 0 Å². The van der Waals surface area contributed by atoms with Gasteiger partial charge in [-0.3, -0.25) is 0 Å². The van der Waals surface area contributed by atoms with Crippen LogP contribution in [0.3, 0.4) is 0 Å². The third kappa shape index (κ3) is 2.92. The predicted octanol–water partition coefficient (Wildman–Crippen LogP) is 1.69. The van der Waals surface area contributed by atoms with Crippen LogP contribution in [0.25, 0.3) is 5.69 Å². The molecular formula is C14H13N5O2. The Balaban J connectivity index is 1.75. The van der Waals surface area contributed by atoms with Crippen molar-refractivity contribution >= 4 is 5.69 Å². The van der Waals surface area contributed by atoms with Gasteiger partial charge in [0.05, 0.1) is 5.69 Å². The van der Waals surface area contributed by atoms with Gasteiger partial charge in [0.1, 0.15) is 17.8 Å². The van der Waals surface area contributed by atoms with Crippen LogP contribution in [-0.4, -0.2) is 30.4 Å². The average molecular weight is 283 g/mol. The van der Waals surface area contributed by atoms with Gasteiger partial charge in [0.15, 0.2) is 0 Å². The summed E-state index contributed by atoms with van der Waals surface area (Å²) in [5.74, 6) is 0.0936. The SMILES string of the molecule is Oc1ccc(CNc2cccc(-n3cnnn3)c2)c(O)c1. The summed E-state index contributed by atoms with van der Waals surface area (Å²) in [4.78, 5) is 0. The van der Waals surface area contributed by atoms with E-state index in [0.29, 0.717) is 12.1 Å². The molecule has 0 saturated carbocycles. The molecule has 21 heavy (non-hydrogen) atoms. The minimum Gasteiger partial charge on any atom is -0.508 e. The highest BCUT2D eigenvalue weighted by Gasteiger charge is 2.03. The Morgan fingerprint density at radius 3 is 2.76 bits per heavy atom. The fraction of sp³-hybridized carbons (Fsp3) is 0.0714. The third-order valence-electron chi connectivity index (χ3n) is 3.01. The Morgan fingerprint density at radius 2 is 2.00 bits per heavy atom. The molecule has 1 aromatic heterocycles. The summed E-state index contributed by atoms with van der Waals surface area (Å²) in [5, 5.41) is 33.2. The number of nitrogens with one attached hydrogen (secondary N) is 1. The van der Waals surface area contributed by atoms with E-state index in [1.807, 2.05) is 24.3 Å². The number of anilines is 1. The summed E-state index contributed by atoms with van der Waals surface area (Å²) < 4.78 is 1.56. The van der Waals surface area contributed by atoms with Gasteiger partial charge in [0.25, 0.3) is 0 Å². The van der Waals surface area contributed by atoms with Gasteiger partial charge in [-0.05, 0) is 40.8 Å². The van der Waals surface area contributed by atoms with Gasteiger partial charge in [-0.2, -0.15) is 0 Å². The fourth-order valence-electron chi connectivity index (χ4n) is 1.94. The van der Waals surface area contributed by atoms with Crippen LogP contribution in [-0.2, 0) is 6.54 Å². The topological polar surface area (TPSA) is 96.1 Å². The lowest BCUT2D eigenvalue weighted by atomic mass is 10.2. The Bertz CT molecular complexity index is 743. The number of hydrogen-bond donors (Lipinski definition) is 3. The Hall–Kier alpha value is -3.09. The number of aromatic hydroxyl groups is 2. The van der Waals surface area contributed by atoms with Crippen molar-refractivity contribution in [2.75, 3.05) is 5.32 Å². The van der Waals surface area contributed by atoms with Crippen LogP contribution in [0.15, 0.2) is 48.8 Å². The van der Waals surface area contributed by atoms with Crippen molar-refractivity contribution in [3.05, 3.63) is 54.4 Å². The zero-order chi connectivity index (χ0) is 14.7. The summed E-state index contributed by atoms with van der Waals surface area (Å²) in [6.07, 6.45) is 1.52. The molecule has 0 aliphatic carbocycles. The van der Waals surface area contributed by atoms with Crippen LogP contribution in [0.1, 0.15) is 5.56 Å². The van der Waals surface area contributed by atoms with Crippen molar-refractivity contribution in [1.82, 2.24) is 20.2 Å². The molecule has 3 aromatic rings. The summed E-state index contributed by atoms with van der Waals surface area (Å²) in [6, 6.07) is 12.1. The number of hydrogen-bond acceptors (Lipinski definition) is 6. The normalized spacial score (nSPS) is 10.5. The fourth-order valence-corrected chi connectivity index (χ4v) is 1.94. The summed E-state index contributed by atoms with van der Waals surface area (Å²) >= 11 is 0. The van der Waals surface area contributed by atoms with E-state index in [-0.39, 0.29) is 11.5 Å². The quantitative estimate of drug-likeness (QED) is 0.674. The Morgan fingerprint density at radius 1 is 1.10 bits per heavy atom. The second-order valence-corrected chi connectivity index (χ2v) is 4.47. The second-order valence-electron chi connectivity index (χ2n) is 4.47. The first kappa shape index (κ1) is 12.9. The molecule has 0 atom stereocenters. The molecule has 0 unspecified atom stereocenters. The molecular weight excluding hydrogens is 270 g/mol. The van der Waals surface area contributed by atoms with E-state index < -0.39 is 0 Å². The number of rotatable bonds is 4. The summed E-state index contributed by atoms with van der Waals surface area (Å²) in [5.41, 5.74) is 2.40. The lowest BCUT2D eigenvalue weighted by Crippen LogP contribution is -2.01. The minimum atomic E-state index is 0.0388. The first-order chi connectivity index (χ1) is 10.2. The molecule has 0 amide bonds. The summed E-state index contributed by atoms with van der Waals surface area (Å²) in [7, 11) is 0. The lowest BCUT2D eigenvalue weighted by Gasteiger charge is -2.09. The van der Waals surface area contributed by atoms with Gasteiger partial charge in [-0.15, -0.1) is 5.10 Å². The van der Waals surface area contributed by atoms with Crippen LogP contribution in [0.2, 0.25) is 0 Å². The largest absolute Gasteiger partial charge is 0.508 e. The molecule has 1 heterocycles. The van der Waals surface area contributed by atoms with Crippen LogP contribution in [0, 0.1) is 0 Å². The standard InChI is InChI=1S/C14H13N5O2/c20-13-5-4-10(14(21)7-13)8-15-11-2-1-3-12(6-11)19-9-16-17-18-19/h1-7,9,15,20-21H,8H2. The van der Waals surface area contributed by atoms with Crippen LogP contribution < -0.4 is 5.32 Å². The zero-order valence-corrected chi connectivity index (χ0v) is 11.0. The number of nitrogens with zero attached hydrogens (tertiary/aromatic N) is 4. The van der Waals surface area contributed by atoms with E-state index in [2.05, 4.69) is 20.8 Å². The molecule has 3 N–H and O–H groups in total. The van der Waals surface area contributed by atoms with Gasteiger partial charge in [0, 0.05) is 23.9 Å². The lowest BCUT2D eigenvalue weighted by molar-refractivity contribution is 0.446. The van der Waals surface area contributed by atoms with E-state index in [1.54, 1.807) is 10.7 Å². The summed E-state index contributed by atoms with van der Waals surface area (Å²) in [6.45, 7) is 0.436. The molecule has 0 aliphatic heterocycles. The molecule has 0 bridgehead atoms. The minimum absolute atomic E-state index is 0.0388. The van der Waals surface area contributed by atoms with Gasteiger partial charge < -0.3 is 15.5 Å². The van der Waals surface area contributed by atoms with Crippen molar-refractivity contribution in [1.29, 1.82) is 0 Å². The molecule has 0 fully saturated rings. The Labute approximate surface area is 120 Å². The first-order valence-electron chi connectivity index (χ1n) is 6.30. The molecule has 0 aliphatic rings. The van der Waals surface area contributed by atoms with Crippen LogP contribution >= 0.6 is 0 Å². The maximum atomic E-state index is 9.74. The predicted molar refractivity (Wildman–Crippen MR) is 76.3 cm³/mol. The smallest absolute Gasteiger partial charge is 0.143 e. The molecule has 7 heteroatoms. The van der Waals surface area contributed by atoms with Gasteiger partial charge >= 0.3 is 0 Å². The molecule has 106 valence electrons. The number of aromatic nitrogens is 4. The molecule has 0 radical (unpaired) electrons. The highest BCUT2D eigenvalue weighted by Crippen LogP contribution is 2.23. The maximum Gasteiger partial charge on any atom is 0.143 e. The molecule has 0 spiro atoms. The zero-order valence-electron chi connectivity index (χ0n) is 11.0. The Kier molecular flexibility index (Phi) is 3.38. The monoisotopic (exact) mass is 283 g/mol. The van der Waals surface area contributed by atoms with Crippen molar-refractivity contribution in [3.8, 4) is 17.2 Å². The highest BCUT2D eigenvalue weighted by atomic mass is 16.3. The first-order valence-corrected chi connectivity index (χ1v) is 6.30. The van der Waals surface area contributed by atoms with E-state index in [9.17, 15) is 10.2 Å². The van der Waals surface area contributed by atoms with E-state index >= 15 is 0 Å². The van der Waals surface area contributed by atoms with E-state index in [4.69, 9.17) is 0 Å². The highest BCUT2D eigenvalue weighted by molar-refractivity contribution is 5.51. The van der Waals surface area contributed by atoms with Gasteiger partial charge in [0.2, 0.25) is 0 Å². The maximum absolute atomic E-state index is 9.74. The molecule has 7 nitrogen and oxygen atoms in total. The number of phenolic OH excluding ortho intramolecular Hbond substituents is 2. The van der Waals surface area contributed by atoms with Crippen molar-refractivity contribution in [2.45, 2.75) is 6.54 Å². The molecule has 3 rings (SSSR count). The molecule has 2 aromatic carbocycles. The van der Waals surface area contributed by atoms with Crippen LogP contribution in [0.5, 0.6) is 11.5 Å². The van der Waals surface area contributed by atoms with Crippen LogP contribution in [0.4, 0.5) is 5.69 Å². The molecule has 0 saturated heterocycles. The van der Waals surface area contributed by atoms with Gasteiger partial charge in [-0.25, -0.2) is 4.68 Å². The van der Waals surface area contributed by atoms with Crippen molar-refractivity contribution < 1.29 is 10.2 Å². The number of phenols is 2. The number of benzene rings is 2. The van der Waals surface area contributed by atoms with E-state index in [1.165, 1.54) is 18.5 Å². The van der Waals surface area contributed by atoms with E-state index in [0.717, 1.165) is 11.4 Å². The van der Waals surface area contributed by atoms with Crippen molar-refractivity contribution in [3.63, 3.8) is 0 Å². The third-order valence-corrected chi connectivity index (χ3v) is 3.01. The van der Waals surface area contributed by atoms with Gasteiger partial charge in [-0.1, -0.05) is 6.07 Å². The number of tetrazole rings is 1.